The van der Waals surface area contributed by atoms with Crippen LogP contribution in [0.5, 0.6) is 5.75 Å². The summed E-state index contributed by atoms with van der Waals surface area (Å²) in [6, 6.07) is 7.94. The van der Waals surface area contributed by atoms with Crippen LogP contribution in [0.4, 0.5) is 0 Å². The second-order valence-electron chi connectivity index (χ2n) is 5.99. The van der Waals surface area contributed by atoms with E-state index < -0.39 is 6.10 Å². The second-order valence-corrected chi connectivity index (χ2v) is 5.99. The molecule has 0 spiro atoms. The molecule has 1 aliphatic rings. The van der Waals surface area contributed by atoms with Gasteiger partial charge in [0.05, 0.1) is 18.2 Å². The van der Waals surface area contributed by atoms with Gasteiger partial charge < -0.3 is 14.7 Å². The smallest absolute Gasteiger partial charge is 0.120 e. The first-order valence-electron chi connectivity index (χ1n) is 7.31. The van der Waals surface area contributed by atoms with Crippen LogP contribution in [0.2, 0.25) is 0 Å². The van der Waals surface area contributed by atoms with Crippen molar-refractivity contribution >= 4 is 0 Å². The molecular formula is C16H26N2O2. The van der Waals surface area contributed by atoms with E-state index in [9.17, 15) is 5.11 Å². The van der Waals surface area contributed by atoms with Gasteiger partial charge in [0, 0.05) is 19.6 Å². The van der Waals surface area contributed by atoms with E-state index in [0.717, 1.165) is 30.9 Å². The lowest BCUT2D eigenvalue weighted by atomic mass is 9.99. The molecule has 0 bridgehead atoms. The molecule has 4 nitrogen and oxygen atoms in total. The summed E-state index contributed by atoms with van der Waals surface area (Å²) in [7, 11) is 4.18. The maximum Gasteiger partial charge on any atom is 0.120 e. The minimum Gasteiger partial charge on any atom is -0.491 e. The third-order valence-corrected chi connectivity index (χ3v) is 3.84. The van der Waals surface area contributed by atoms with Crippen molar-refractivity contribution in [3.05, 3.63) is 29.8 Å². The number of hydrogen-bond acceptors (Lipinski definition) is 4. The van der Waals surface area contributed by atoms with E-state index in [1.165, 1.54) is 0 Å². The fourth-order valence-corrected chi connectivity index (χ4v) is 2.65. The van der Waals surface area contributed by atoms with Gasteiger partial charge in [-0.3, -0.25) is 4.90 Å². The molecule has 0 amide bonds. The van der Waals surface area contributed by atoms with Gasteiger partial charge in [-0.15, -0.1) is 0 Å². The Morgan fingerprint density at radius 1 is 1.25 bits per heavy atom. The summed E-state index contributed by atoms with van der Waals surface area (Å²) in [5, 5.41) is 10.7. The highest BCUT2D eigenvalue weighted by Crippen LogP contribution is 2.26. The van der Waals surface area contributed by atoms with E-state index in [2.05, 4.69) is 23.9 Å². The third kappa shape index (κ3) is 3.72. The van der Waals surface area contributed by atoms with Crippen LogP contribution in [0.1, 0.15) is 25.5 Å². The average Bonchev–Trinajstić information content (AvgIpc) is 2.40. The lowest BCUT2D eigenvalue weighted by molar-refractivity contribution is 0.0137. The highest BCUT2D eigenvalue weighted by Gasteiger charge is 2.29. The fourth-order valence-electron chi connectivity index (χ4n) is 2.65. The van der Waals surface area contributed by atoms with Crippen molar-refractivity contribution in [3.8, 4) is 5.75 Å². The first-order chi connectivity index (χ1) is 9.47. The molecule has 1 saturated heterocycles. The molecule has 2 atom stereocenters. The molecule has 0 radical (unpaired) electrons. The lowest BCUT2D eigenvalue weighted by Crippen LogP contribution is -2.52. The van der Waals surface area contributed by atoms with Crippen molar-refractivity contribution in [3.63, 3.8) is 0 Å². The van der Waals surface area contributed by atoms with Crippen molar-refractivity contribution < 1.29 is 9.84 Å². The molecule has 1 aromatic carbocycles. The maximum absolute atomic E-state index is 10.7. The highest BCUT2D eigenvalue weighted by atomic mass is 16.5. The molecule has 1 N–H and O–H groups in total. The van der Waals surface area contributed by atoms with Crippen molar-refractivity contribution in [1.29, 1.82) is 0 Å². The van der Waals surface area contributed by atoms with Crippen molar-refractivity contribution in [1.82, 2.24) is 9.80 Å². The summed E-state index contributed by atoms with van der Waals surface area (Å²) in [6.07, 6.45) is -0.343. The average molecular weight is 278 g/mol. The first kappa shape index (κ1) is 15.3. The third-order valence-electron chi connectivity index (χ3n) is 3.84. The molecule has 1 fully saturated rings. The SMILES string of the molecule is CC(C)Oc1cccc(C(O)C2CN(C)CCN2C)c1. The summed E-state index contributed by atoms with van der Waals surface area (Å²) in [5.74, 6) is 0.823. The predicted octanol–water partition coefficient (Wildman–Crippen LogP) is 1.75. The quantitative estimate of drug-likeness (QED) is 0.910. The van der Waals surface area contributed by atoms with E-state index in [0.29, 0.717) is 0 Å². The van der Waals surface area contributed by atoms with E-state index >= 15 is 0 Å². The summed E-state index contributed by atoms with van der Waals surface area (Å²) in [5.41, 5.74) is 0.926. The number of ether oxygens (including phenoxy) is 1. The second kappa shape index (κ2) is 6.57. The van der Waals surface area contributed by atoms with Gasteiger partial charge in [-0.05, 0) is 45.6 Å². The maximum atomic E-state index is 10.7. The molecule has 20 heavy (non-hydrogen) atoms. The van der Waals surface area contributed by atoms with Gasteiger partial charge in [0.15, 0.2) is 0 Å². The standard InChI is InChI=1S/C16H26N2O2/c1-12(2)20-14-7-5-6-13(10-14)16(19)15-11-17(3)8-9-18(15)4/h5-7,10,12,15-16,19H,8-9,11H2,1-4H3. The van der Waals surface area contributed by atoms with Crippen LogP contribution in [0.25, 0.3) is 0 Å². The molecule has 0 saturated carbocycles. The van der Waals surface area contributed by atoms with Gasteiger partial charge in [0.2, 0.25) is 0 Å². The Labute approximate surface area is 122 Å². The summed E-state index contributed by atoms with van der Waals surface area (Å²) in [6.45, 7) is 6.93. The Hall–Kier alpha value is -1.10. The minimum absolute atomic E-state index is 0.128. The molecule has 1 aliphatic heterocycles. The van der Waals surface area contributed by atoms with Crippen molar-refractivity contribution in [2.75, 3.05) is 33.7 Å². The Kier molecular flexibility index (Phi) is 5.02. The number of likely N-dealkylation sites (N-methyl/N-ethyl adjacent to an activating group) is 2. The summed E-state index contributed by atoms with van der Waals surface area (Å²) in [4.78, 5) is 4.50. The molecule has 0 aromatic heterocycles. The van der Waals surface area contributed by atoms with Gasteiger partial charge >= 0.3 is 0 Å². The topological polar surface area (TPSA) is 35.9 Å². The molecule has 2 unspecified atom stereocenters. The van der Waals surface area contributed by atoms with Crippen molar-refractivity contribution in [2.24, 2.45) is 0 Å². The Morgan fingerprint density at radius 3 is 2.70 bits per heavy atom. The van der Waals surface area contributed by atoms with E-state index in [1.807, 2.05) is 38.1 Å². The Balaban J connectivity index is 2.13. The normalized spacial score (nSPS) is 23.0. The molecule has 1 heterocycles. The number of nitrogens with zero attached hydrogens (tertiary/aromatic N) is 2. The van der Waals surface area contributed by atoms with Gasteiger partial charge in [-0.1, -0.05) is 12.1 Å². The number of aliphatic hydroxyl groups excluding tert-OH is 1. The Morgan fingerprint density at radius 2 is 2.00 bits per heavy atom. The highest BCUT2D eigenvalue weighted by molar-refractivity contribution is 5.31. The summed E-state index contributed by atoms with van der Waals surface area (Å²) < 4.78 is 5.71. The van der Waals surface area contributed by atoms with Crippen molar-refractivity contribution in [2.45, 2.75) is 32.1 Å². The van der Waals surface area contributed by atoms with Crippen LogP contribution in [0.3, 0.4) is 0 Å². The molecular weight excluding hydrogens is 252 g/mol. The molecule has 1 aromatic rings. The summed E-state index contributed by atoms with van der Waals surface area (Å²) >= 11 is 0. The van der Waals surface area contributed by atoms with Gasteiger partial charge in [0.25, 0.3) is 0 Å². The predicted molar refractivity (Wildman–Crippen MR) is 81.1 cm³/mol. The van der Waals surface area contributed by atoms with Gasteiger partial charge in [-0.2, -0.15) is 0 Å². The number of piperazine rings is 1. The minimum atomic E-state index is -0.488. The fraction of sp³-hybridized carbons (Fsp3) is 0.625. The lowest BCUT2D eigenvalue weighted by Gasteiger charge is -2.40. The molecule has 2 rings (SSSR count). The van der Waals surface area contributed by atoms with E-state index in [4.69, 9.17) is 4.74 Å². The monoisotopic (exact) mass is 278 g/mol. The zero-order valence-electron chi connectivity index (χ0n) is 12.9. The molecule has 0 aliphatic carbocycles. The molecule has 4 heteroatoms. The van der Waals surface area contributed by atoms with E-state index in [1.54, 1.807) is 0 Å². The van der Waals surface area contributed by atoms with Crippen LogP contribution in [0, 0.1) is 0 Å². The van der Waals surface area contributed by atoms with Crippen LogP contribution in [0.15, 0.2) is 24.3 Å². The molecule has 112 valence electrons. The number of rotatable bonds is 4. The van der Waals surface area contributed by atoms with Crippen LogP contribution in [-0.4, -0.2) is 60.8 Å². The number of benzene rings is 1. The van der Waals surface area contributed by atoms with E-state index in [-0.39, 0.29) is 12.1 Å². The van der Waals surface area contributed by atoms with Gasteiger partial charge in [0.1, 0.15) is 5.75 Å². The Bertz CT molecular complexity index is 436. The zero-order chi connectivity index (χ0) is 14.7. The van der Waals surface area contributed by atoms with Crippen LogP contribution in [-0.2, 0) is 0 Å². The van der Waals surface area contributed by atoms with Gasteiger partial charge in [-0.25, -0.2) is 0 Å². The largest absolute Gasteiger partial charge is 0.491 e. The number of aliphatic hydroxyl groups is 1. The first-order valence-corrected chi connectivity index (χ1v) is 7.31. The van der Waals surface area contributed by atoms with Crippen LogP contribution < -0.4 is 4.74 Å². The van der Waals surface area contributed by atoms with Crippen LogP contribution >= 0.6 is 0 Å². The number of hydrogen-bond donors (Lipinski definition) is 1. The zero-order valence-corrected chi connectivity index (χ0v) is 12.9.